The van der Waals surface area contributed by atoms with Crippen LogP contribution in [0.5, 0.6) is 17.4 Å². The van der Waals surface area contributed by atoms with Gasteiger partial charge in [0, 0.05) is 19.6 Å². The van der Waals surface area contributed by atoms with E-state index in [2.05, 4.69) is 18.7 Å². The minimum Gasteiger partial charge on any atom is -0.497 e. The average Bonchev–Trinajstić information content (AvgIpc) is 3.24. The van der Waals surface area contributed by atoms with Crippen molar-refractivity contribution in [1.82, 2.24) is 14.7 Å². The zero-order valence-corrected chi connectivity index (χ0v) is 23.3. The third-order valence-electron chi connectivity index (χ3n) is 6.31. The molecule has 39 heavy (non-hydrogen) atoms. The Balaban J connectivity index is 1.55. The van der Waals surface area contributed by atoms with E-state index < -0.39 is 6.10 Å². The summed E-state index contributed by atoms with van der Waals surface area (Å²) in [6, 6.07) is 27.5. The molecule has 0 fully saturated rings. The lowest BCUT2D eigenvalue weighted by atomic mass is 10.1. The lowest BCUT2D eigenvalue weighted by Crippen LogP contribution is -2.37. The molecular formula is C32H39N3O4. The molecule has 7 heteroatoms. The molecule has 0 spiro atoms. The third kappa shape index (κ3) is 8.17. The van der Waals surface area contributed by atoms with Crippen LogP contribution in [0.3, 0.4) is 0 Å². The summed E-state index contributed by atoms with van der Waals surface area (Å²) in [5.74, 6) is 2.53. The topological polar surface area (TPSA) is 69.0 Å². The number of ether oxygens (including phenoxy) is 3. The third-order valence-corrected chi connectivity index (χ3v) is 6.31. The fourth-order valence-electron chi connectivity index (χ4n) is 4.51. The number of aliphatic hydroxyl groups is 1. The van der Waals surface area contributed by atoms with Crippen LogP contribution in [0.1, 0.15) is 30.7 Å². The zero-order valence-electron chi connectivity index (χ0n) is 23.3. The molecule has 0 aliphatic carbocycles. The molecule has 206 valence electrons. The van der Waals surface area contributed by atoms with Crippen molar-refractivity contribution in [2.24, 2.45) is 5.92 Å². The molecule has 4 rings (SSSR count). The van der Waals surface area contributed by atoms with Crippen LogP contribution < -0.4 is 9.47 Å². The maximum Gasteiger partial charge on any atom is 0.227 e. The summed E-state index contributed by atoms with van der Waals surface area (Å²) in [6.07, 6.45) is -0.622. The number of hydrogen-bond acceptors (Lipinski definition) is 6. The summed E-state index contributed by atoms with van der Waals surface area (Å²) in [7, 11) is 1.65. The molecule has 0 aliphatic rings. The minimum absolute atomic E-state index is 0.265. The monoisotopic (exact) mass is 529 g/mol. The summed E-state index contributed by atoms with van der Waals surface area (Å²) < 4.78 is 19.4. The van der Waals surface area contributed by atoms with Gasteiger partial charge in [-0.15, -0.1) is 0 Å². The fourth-order valence-corrected chi connectivity index (χ4v) is 4.51. The first-order valence-electron chi connectivity index (χ1n) is 13.4. The first-order chi connectivity index (χ1) is 18.9. The van der Waals surface area contributed by atoms with E-state index in [9.17, 15) is 5.11 Å². The van der Waals surface area contributed by atoms with Gasteiger partial charge < -0.3 is 19.3 Å². The Bertz CT molecular complexity index is 1270. The quantitative estimate of drug-likeness (QED) is 0.216. The van der Waals surface area contributed by atoms with Crippen molar-refractivity contribution in [2.45, 2.75) is 40.0 Å². The van der Waals surface area contributed by atoms with Crippen LogP contribution in [0, 0.1) is 12.8 Å². The highest BCUT2D eigenvalue weighted by atomic mass is 16.5. The van der Waals surface area contributed by atoms with E-state index in [0.29, 0.717) is 37.2 Å². The molecule has 0 bridgehead atoms. The summed E-state index contributed by atoms with van der Waals surface area (Å²) >= 11 is 0. The van der Waals surface area contributed by atoms with Gasteiger partial charge in [-0.1, -0.05) is 62.4 Å². The van der Waals surface area contributed by atoms with Crippen LogP contribution >= 0.6 is 0 Å². The number of nitrogens with zero attached hydrogens (tertiary/aromatic N) is 3. The molecule has 3 aromatic carbocycles. The van der Waals surface area contributed by atoms with Gasteiger partial charge in [0.05, 0.1) is 43.4 Å². The molecule has 0 aliphatic heterocycles. The van der Waals surface area contributed by atoms with Crippen molar-refractivity contribution in [3.63, 3.8) is 0 Å². The van der Waals surface area contributed by atoms with Crippen LogP contribution in [0.15, 0.2) is 84.9 Å². The largest absolute Gasteiger partial charge is 0.497 e. The van der Waals surface area contributed by atoms with Gasteiger partial charge in [-0.2, -0.15) is 5.10 Å². The SMILES string of the molecule is COc1ccc(Oc2c(CN(CC(C)C)C[C@H](O)COCc3ccccc3)c(C)nn2-c2ccccc2)cc1. The van der Waals surface area contributed by atoms with Gasteiger partial charge in [0.1, 0.15) is 11.5 Å². The second-order valence-corrected chi connectivity index (χ2v) is 10.1. The van der Waals surface area contributed by atoms with Crippen LogP contribution in [-0.4, -0.2) is 52.7 Å². The van der Waals surface area contributed by atoms with Crippen LogP contribution in [-0.2, 0) is 17.9 Å². The number of rotatable bonds is 14. The first-order valence-corrected chi connectivity index (χ1v) is 13.4. The molecule has 1 aromatic heterocycles. The van der Waals surface area contributed by atoms with Crippen molar-refractivity contribution in [2.75, 3.05) is 26.8 Å². The lowest BCUT2D eigenvalue weighted by Gasteiger charge is -2.27. The van der Waals surface area contributed by atoms with Gasteiger partial charge in [-0.05, 0) is 54.8 Å². The number of aliphatic hydroxyl groups excluding tert-OH is 1. The Morgan fingerprint density at radius 2 is 1.51 bits per heavy atom. The molecule has 1 heterocycles. The smallest absolute Gasteiger partial charge is 0.227 e. The predicted octanol–water partition coefficient (Wildman–Crippen LogP) is 6.02. The van der Waals surface area contributed by atoms with Gasteiger partial charge in [0.2, 0.25) is 5.88 Å². The Morgan fingerprint density at radius 3 is 2.15 bits per heavy atom. The van der Waals surface area contributed by atoms with E-state index in [1.54, 1.807) is 7.11 Å². The maximum atomic E-state index is 10.9. The Hall–Kier alpha value is -3.65. The van der Waals surface area contributed by atoms with Crippen LogP contribution in [0.2, 0.25) is 0 Å². The zero-order chi connectivity index (χ0) is 27.6. The van der Waals surface area contributed by atoms with Gasteiger partial charge in [-0.25, -0.2) is 4.68 Å². The van der Waals surface area contributed by atoms with Gasteiger partial charge in [0.25, 0.3) is 0 Å². The van der Waals surface area contributed by atoms with E-state index in [1.165, 1.54) is 0 Å². The second-order valence-electron chi connectivity index (χ2n) is 10.1. The Kier molecular flexibility index (Phi) is 10.1. The average molecular weight is 530 g/mol. The fraction of sp³-hybridized carbons (Fsp3) is 0.344. The molecule has 0 saturated carbocycles. The number of benzene rings is 3. The van der Waals surface area contributed by atoms with Gasteiger partial charge >= 0.3 is 0 Å². The van der Waals surface area contributed by atoms with Gasteiger partial charge in [-0.3, -0.25) is 4.90 Å². The second kappa shape index (κ2) is 13.9. The highest BCUT2D eigenvalue weighted by Crippen LogP contribution is 2.32. The number of aryl methyl sites for hydroxylation is 1. The molecule has 1 atom stereocenters. The van der Waals surface area contributed by atoms with Crippen molar-refractivity contribution in [3.05, 3.63) is 102 Å². The highest BCUT2D eigenvalue weighted by molar-refractivity contribution is 5.44. The molecule has 4 aromatic rings. The van der Waals surface area contributed by atoms with E-state index in [-0.39, 0.29) is 6.61 Å². The number of methoxy groups -OCH3 is 1. The minimum atomic E-state index is -0.622. The van der Waals surface area contributed by atoms with Crippen molar-refractivity contribution in [1.29, 1.82) is 0 Å². The van der Waals surface area contributed by atoms with E-state index in [0.717, 1.165) is 34.8 Å². The molecule has 0 saturated heterocycles. The number of aromatic nitrogens is 2. The van der Waals surface area contributed by atoms with Crippen molar-refractivity contribution in [3.8, 4) is 23.1 Å². The van der Waals surface area contributed by atoms with E-state index in [4.69, 9.17) is 19.3 Å². The molecule has 0 unspecified atom stereocenters. The summed E-state index contributed by atoms with van der Waals surface area (Å²) in [5.41, 5.74) is 3.87. The van der Waals surface area contributed by atoms with E-state index >= 15 is 0 Å². The molecule has 0 radical (unpaired) electrons. The van der Waals surface area contributed by atoms with Crippen LogP contribution in [0.25, 0.3) is 5.69 Å². The van der Waals surface area contributed by atoms with Crippen LogP contribution in [0.4, 0.5) is 0 Å². The highest BCUT2D eigenvalue weighted by Gasteiger charge is 2.23. The normalized spacial score (nSPS) is 12.2. The molecule has 0 amide bonds. The van der Waals surface area contributed by atoms with Gasteiger partial charge in [0.15, 0.2) is 0 Å². The maximum absolute atomic E-state index is 10.9. The Labute approximate surface area is 231 Å². The predicted molar refractivity (Wildman–Crippen MR) is 154 cm³/mol. The Morgan fingerprint density at radius 1 is 0.872 bits per heavy atom. The summed E-state index contributed by atoms with van der Waals surface area (Å²) in [4.78, 5) is 2.25. The van der Waals surface area contributed by atoms with Crippen molar-refractivity contribution >= 4 is 0 Å². The number of hydrogen-bond donors (Lipinski definition) is 1. The standard InChI is InChI=1S/C32H39N3O4/c1-24(2)19-34(20-28(36)23-38-22-26-11-7-5-8-12-26)21-31-25(3)33-35(27-13-9-6-10-14-27)32(31)39-30-17-15-29(37-4)16-18-30/h5-18,24,28,36H,19-23H2,1-4H3/t28-/m0/s1. The first kappa shape index (κ1) is 28.4. The molecule has 1 N–H and O–H groups in total. The summed E-state index contributed by atoms with van der Waals surface area (Å²) in [6.45, 7) is 8.98. The molecule has 7 nitrogen and oxygen atoms in total. The van der Waals surface area contributed by atoms with E-state index in [1.807, 2.05) is 96.5 Å². The van der Waals surface area contributed by atoms with Crippen molar-refractivity contribution < 1.29 is 19.3 Å². The molecular weight excluding hydrogens is 490 g/mol. The number of para-hydroxylation sites is 1. The lowest BCUT2D eigenvalue weighted by molar-refractivity contribution is 0.00666. The summed E-state index contributed by atoms with van der Waals surface area (Å²) in [5, 5.41) is 15.7.